The zero-order valence-electron chi connectivity index (χ0n) is 20.3. The Balaban J connectivity index is 1.23. The molecule has 0 radical (unpaired) electrons. The molecule has 8 heteroatoms. The topological polar surface area (TPSA) is 123 Å². The van der Waals surface area contributed by atoms with Gasteiger partial charge < -0.3 is 16.4 Å². The van der Waals surface area contributed by atoms with Crippen molar-refractivity contribution in [2.75, 3.05) is 16.4 Å². The van der Waals surface area contributed by atoms with Gasteiger partial charge in [-0.05, 0) is 72.3 Å². The van der Waals surface area contributed by atoms with Crippen LogP contribution in [-0.2, 0) is 6.42 Å². The van der Waals surface area contributed by atoms with Crippen LogP contribution in [0.2, 0.25) is 0 Å². The minimum Gasteiger partial charge on any atom is -0.397 e. The maximum absolute atomic E-state index is 12.8. The molecule has 0 atom stereocenters. The highest BCUT2D eigenvalue weighted by molar-refractivity contribution is 6.08. The number of amides is 2. The van der Waals surface area contributed by atoms with Gasteiger partial charge in [0.15, 0.2) is 0 Å². The summed E-state index contributed by atoms with van der Waals surface area (Å²) in [4.78, 5) is 38.6. The summed E-state index contributed by atoms with van der Waals surface area (Å²) in [6.45, 7) is 0. The van der Waals surface area contributed by atoms with Crippen LogP contribution in [0, 0.1) is 0 Å². The third-order valence-electron chi connectivity index (χ3n) is 5.83. The van der Waals surface area contributed by atoms with Gasteiger partial charge in [0.25, 0.3) is 11.8 Å². The predicted molar refractivity (Wildman–Crippen MR) is 148 cm³/mol. The number of para-hydroxylation sites is 2. The van der Waals surface area contributed by atoms with Crippen molar-refractivity contribution in [3.63, 3.8) is 0 Å². The van der Waals surface area contributed by atoms with Crippen molar-refractivity contribution >= 4 is 28.9 Å². The molecular formula is C30H24N6O2. The first kappa shape index (κ1) is 24.3. The molecule has 2 heterocycles. The first-order valence-electron chi connectivity index (χ1n) is 11.9. The van der Waals surface area contributed by atoms with Gasteiger partial charge in [-0.15, -0.1) is 0 Å². The number of carbonyl (C=O) groups is 2. The molecule has 186 valence electrons. The fraction of sp³-hybridized carbons (Fsp3) is 0.0333. The molecule has 5 aromatic rings. The number of aromatic nitrogens is 3. The molecule has 38 heavy (non-hydrogen) atoms. The second-order valence-electron chi connectivity index (χ2n) is 8.55. The number of nitrogen functional groups attached to an aromatic ring is 1. The number of rotatable bonds is 7. The van der Waals surface area contributed by atoms with Crippen LogP contribution in [0.25, 0.3) is 11.3 Å². The molecule has 0 saturated heterocycles. The SMILES string of the molecule is Nc1ccccc1NC(=O)c1ccc(C(=O)Nc2cccc(Cc3nccc(-c4cccnc4)n3)c2)cc1. The Bertz CT molecular complexity index is 1590. The number of nitrogens with one attached hydrogen (secondary N) is 2. The molecule has 0 aliphatic rings. The van der Waals surface area contributed by atoms with Crippen molar-refractivity contribution in [1.82, 2.24) is 15.0 Å². The summed E-state index contributed by atoms with van der Waals surface area (Å²) in [5.41, 5.74) is 11.1. The molecule has 5 rings (SSSR count). The highest BCUT2D eigenvalue weighted by atomic mass is 16.2. The maximum Gasteiger partial charge on any atom is 0.255 e. The molecule has 0 aliphatic carbocycles. The van der Waals surface area contributed by atoms with E-state index in [1.54, 1.807) is 67.1 Å². The number of nitrogens with zero attached hydrogens (tertiary/aromatic N) is 3. The summed E-state index contributed by atoms with van der Waals surface area (Å²) in [6, 6.07) is 26.7. The fourth-order valence-electron chi connectivity index (χ4n) is 3.88. The number of nitrogens with two attached hydrogens (primary N) is 1. The molecule has 4 N–H and O–H groups in total. The van der Waals surface area contributed by atoms with E-state index in [4.69, 9.17) is 5.73 Å². The lowest BCUT2D eigenvalue weighted by atomic mass is 10.1. The van der Waals surface area contributed by atoms with Crippen LogP contribution in [0.1, 0.15) is 32.1 Å². The van der Waals surface area contributed by atoms with Crippen LogP contribution in [0.15, 0.2) is 110 Å². The first-order valence-corrected chi connectivity index (χ1v) is 11.9. The number of carbonyl (C=O) groups excluding carboxylic acids is 2. The summed E-state index contributed by atoms with van der Waals surface area (Å²) in [7, 11) is 0. The second-order valence-corrected chi connectivity index (χ2v) is 8.55. The third kappa shape index (κ3) is 5.88. The Morgan fingerprint density at radius 2 is 1.53 bits per heavy atom. The number of benzene rings is 3. The Hall–Kier alpha value is -5.37. The molecule has 2 aromatic heterocycles. The molecule has 0 fully saturated rings. The van der Waals surface area contributed by atoms with E-state index in [2.05, 4.69) is 25.6 Å². The van der Waals surface area contributed by atoms with E-state index in [1.165, 1.54) is 0 Å². The van der Waals surface area contributed by atoms with Gasteiger partial charge in [0.05, 0.1) is 17.1 Å². The van der Waals surface area contributed by atoms with E-state index in [9.17, 15) is 9.59 Å². The molecule has 0 bridgehead atoms. The Kier molecular flexibility index (Phi) is 7.13. The van der Waals surface area contributed by atoms with Crippen molar-refractivity contribution in [3.8, 4) is 11.3 Å². The Morgan fingerprint density at radius 3 is 2.26 bits per heavy atom. The van der Waals surface area contributed by atoms with E-state index < -0.39 is 0 Å². The van der Waals surface area contributed by atoms with Gasteiger partial charge >= 0.3 is 0 Å². The van der Waals surface area contributed by atoms with Gasteiger partial charge in [0.1, 0.15) is 5.82 Å². The van der Waals surface area contributed by atoms with Crippen LogP contribution in [-0.4, -0.2) is 26.8 Å². The predicted octanol–water partition coefficient (Wildman–Crippen LogP) is 5.22. The molecule has 0 unspecified atom stereocenters. The second kappa shape index (κ2) is 11.1. The summed E-state index contributed by atoms with van der Waals surface area (Å²) in [5, 5.41) is 5.69. The van der Waals surface area contributed by atoms with Crippen molar-refractivity contribution in [1.29, 1.82) is 0 Å². The lowest BCUT2D eigenvalue weighted by Gasteiger charge is -2.10. The standard InChI is InChI=1S/C30H24N6O2/c31-25-8-1-2-9-27(25)36-30(38)22-12-10-21(11-13-22)29(37)34-24-7-3-5-20(17-24)18-28-33-16-14-26(35-28)23-6-4-15-32-19-23/h1-17,19H,18,31H2,(H,34,37)(H,36,38). The molecule has 2 amide bonds. The first-order chi connectivity index (χ1) is 18.5. The smallest absolute Gasteiger partial charge is 0.255 e. The van der Waals surface area contributed by atoms with Crippen molar-refractivity contribution < 1.29 is 9.59 Å². The average Bonchev–Trinajstić information content (AvgIpc) is 2.95. The van der Waals surface area contributed by atoms with Crippen LogP contribution in [0.4, 0.5) is 17.1 Å². The van der Waals surface area contributed by atoms with Crippen LogP contribution < -0.4 is 16.4 Å². The summed E-state index contributed by atoms with van der Waals surface area (Å²) < 4.78 is 0. The van der Waals surface area contributed by atoms with Gasteiger partial charge in [0.2, 0.25) is 0 Å². The Morgan fingerprint density at radius 1 is 0.763 bits per heavy atom. The normalized spacial score (nSPS) is 10.5. The monoisotopic (exact) mass is 500 g/mol. The highest BCUT2D eigenvalue weighted by Crippen LogP contribution is 2.20. The quantitative estimate of drug-likeness (QED) is 0.264. The lowest BCUT2D eigenvalue weighted by molar-refractivity contribution is 0.101. The maximum atomic E-state index is 12.8. The third-order valence-corrected chi connectivity index (χ3v) is 5.83. The zero-order chi connectivity index (χ0) is 26.3. The average molecular weight is 501 g/mol. The van der Waals surface area contributed by atoms with Gasteiger partial charge in [0, 0.05) is 47.4 Å². The molecular weight excluding hydrogens is 476 g/mol. The van der Waals surface area contributed by atoms with Gasteiger partial charge in [-0.1, -0.05) is 24.3 Å². The van der Waals surface area contributed by atoms with Crippen LogP contribution >= 0.6 is 0 Å². The number of pyridine rings is 1. The number of hydrogen-bond donors (Lipinski definition) is 3. The summed E-state index contributed by atoms with van der Waals surface area (Å²) in [6.07, 6.45) is 5.72. The van der Waals surface area contributed by atoms with E-state index in [-0.39, 0.29) is 11.8 Å². The van der Waals surface area contributed by atoms with E-state index in [0.29, 0.717) is 40.4 Å². The van der Waals surface area contributed by atoms with Crippen molar-refractivity contribution in [2.24, 2.45) is 0 Å². The summed E-state index contributed by atoms with van der Waals surface area (Å²) in [5.74, 6) is 0.0783. The van der Waals surface area contributed by atoms with Gasteiger partial charge in [-0.25, -0.2) is 9.97 Å². The van der Waals surface area contributed by atoms with E-state index >= 15 is 0 Å². The minimum absolute atomic E-state index is 0.281. The van der Waals surface area contributed by atoms with Crippen LogP contribution in [0.5, 0.6) is 0 Å². The lowest BCUT2D eigenvalue weighted by Crippen LogP contribution is -2.15. The molecule has 0 aliphatic heterocycles. The van der Waals surface area contributed by atoms with Gasteiger partial charge in [-0.3, -0.25) is 14.6 Å². The molecule has 0 saturated carbocycles. The summed E-state index contributed by atoms with van der Waals surface area (Å²) >= 11 is 0. The molecule has 8 nitrogen and oxygen atoms in total. The minimum atomic E-state index is -0.308. The molecule has 0 spiro atoms. The Labute approximate surface area is 219 Å². The zero-order valence-corrected chi connectivity index (χ0v) is 20.3. The van der Waals surface area contributed by atoms with Crippen molar-refractivity contribution in [3.05, 3.63) is 132 Å². The van der Waals surface area contributed by atoms with Gasteiger partial charge in [-0.2, -0.15) is 0 Å². The largest absolute Gasteiger partial charge is 0.397 e. The van der Waals surface area contributed by atoms with Crippen LogP contribution in [0.3, 0.4) is 0 Å². The number of anilines is 3. The highest BCUT2D eigenvalue weighted by Gasteiger charge is 2.11. The van der Waals surface area contributed by atoms with E-state index in [1.807, 2.05) is 42.5 Å². The van der Waals surface area contributed by atoms with E-state index in [0.717, 1.165) is 16.8 Å². The number of hydrogen-bond acceptors (Lipinski definition) is 6. The molecule has 3 aromatic carbocycles. The van der Waals surface area contributed by atoms with Crippen molar-refractivity contribution in [2.45, 2.75) is 6.42 Å². The fourth-order valence-corrected chi connectivity index (χ4v) is 3.88.